The maximum Gasteiger partial charge on any atom is 0.167 e. The van der Waals surface area contributed by atoms with E-state index in [0.717, 1.165) is 7.11 Å². The van der Waals surface area contributed by atoms with Crippen LogP contribution in [-0.4, -0.2) is 29.4 Å². The third-order valence-corrected chi connectivity index (χ3v) is 0.328. The van der Waals surface area contributed by atoms with E-state index in [1.807, 2.05) is 0 Å². The number of rotatable bonds is 1. The first kappa shape index (κ1) is 10.2. The van der Waals surface area contributed by atoms with Crippen molar-refractivity contribution >= 4 is 12.0 Å². The van der Waals surface area contributed by atoms with Crippen molar-refractivity contribution in [1.82, 2.24) is 0 Å². The van der Waals surface area contributed by atoms with Crippen LogP contribution in [0.1, 0.15) is 6.92 Å². The first-order valence-electron chi connectivity index (χ1n) is 1.90. The fourth-order valence-electron chi connectivity index (χ4n) is 0.0236. The number of aldehydes is 1. The Hall–Kier alpha value is -0.900. The average molecular weight is 119 g/mol. The van der Waals surface area contributed by atoms with Gasteiger partial charge in [-0.15, -0.1) is 0 Å². The number of hydrogen-bond acceptors (Lipinski definition) is 4. The lowest BCUT2D eigenvalue weighted by Crippen LogP contribution is -1.88. The Morgan fingerprint density at radius 3 is 2.00 bits per heavy atom. The number of hydrogen-bond donors (Lipinski definition) is 2. The quantitative estimate of drug-likeness (QED) is 0.214. The first-order valence-corrected chi connectivity index (χ1v) is 1.90. The van der Waals surface area contributed by atoms with E-state index < -0.39 is 0 Å². The van der Waals surface area contributed by atoms with Crippen molar-refractivity contribution in [3.8, 4) is 0 Å². The first-order chi connectivity index (χ1) is 3.81. The Labute approximate surface area is 47.4 Å². The molecule has 0 spiro atoms. The summed E-state index contributed by atoms with van der Waals surface area (Å²) in [5, 5.41) is 17.2. The maximum atomic E-state index is 9.45. The molecule has 0 radical (unpaired) electrons. The molecule has 0 saturated carbocycles. The van der Waals surface area contributed by atoms with Gasteiger partial charge in [-0.3, -0.25) is 4.79 Å². The van der Waals surface area contributed by atoms with E-state index >= 15 is 0 Å². The topological polar surface area (TPSA) is 69.9 Å². The van der Waals surface area contributed by atoms with Gasteiger partial charge < -0.3 is 10.3 Å². The summed E-state index contributed by atoms with van der Waals surface area (Å²) in [5.74, 6) is 0. The van der Waals surface area contributed by atoms with Crippen LogP contribution in [-0.2, 0) is 4.79 Å². The van der Waals surface area contributed by atoms with Crippen molar-refractivity contribution in [3.05, 3.63) is 0 Å². The van der Waals surface area contributed by atoms with E-state index in [0.29, 0.717) is 6.29 Å². The van der Waals surface area contributed by atoms with Crippen LogP contribution in [0.15, 0.2) is 5.16 Å². The third-order valence-electron chi connectivity index (χ3n) is 0.328. The molecule has 4 heteroatoms. The van der Waals surface area contributed by atoms with Gasteiger partial charge in [0.1, 0.15) is 5.71 Å². The number of nitrogens with zero attached hydrogens (tertiary/aromatic N) is 1. The van der Waals surface area contributed by atoms with Crippen LogP contribution in [0.2, 0.25) is 0 Å². The van der Waals surface area contributed by atoms with Crippen LogP contribution in [0.3, 0.4) is 0 Å². The molecular weight excluding hydrogens is 110 g/mol. The van der Waals surface area contributed by atoms with Crippen molar-refractivity contribution in [2.75, 3.05) is 7.11 Å². The lowest BCUT2D eigenvalue weighted by Gasteiger charge is -1.71. The zero-order chi connectivity index (χ0) is 6.99. The third kappa shape index (κ3) is 8.92. The summed E-state index contributed by atoms with van der Waals surface area (Å²) in [6, 6.07) is 0. The fourth-order valence-corrected chi connectivity index (χ4v) is 0.0236. The highest BCUT2D eigenvalue weighted by Crippen LogP contribution is 1.60. The van der Waals surface area contributed by atoms with Gasteiger partial charge in [-0.25, -0.2) is 0 Å². The van der Waals surface area contributed by atoms with E-state index in [1.54, 1.807) is 0 Å². The van der Waals surface area contributed by atoms with Gasteiger partial charge in [-0.2, -0.15) is 0 Å². The molecule has 0 aliphatic carbocycles. The number of carbonyl (C=O) groups excluding carboxylic acids is 1. The molecule has 0 bridgehead atoms. The molecule has 0 aliphatic rings. The predicted molar refractivity (Wildman–Crippen MR) is 29.1 cm³/mol. The van der Waals surface area contributed by atoms with E-state index in [2.05, 4.69) is 5.16 Å². The van der Waals surface area contributed by atoms with Gasteiger partial charge in [0.05, 0.1) is 0 Å². The van der Waals surface area contributed by atoms with E-state index in [-0.39, 0.29) is 5.71 Å². The second-order valence-corrected chi connectivity index (χ2v) is 0.859. The molecule has 0 atom stereocenters. The number of aliphatic hydroxyl groups is 1. The lowest BCUT2D eigenvalue weighted by atomic mass is 10.5. The van der Waals surface area contributed by atoms with Gasteiger partial charge in [-0.05, 0) is 6.92 Å². The standard InChI is InChI=1S/C3H5NO2.CH4O/c1-3(2-5)4-6;1-2/h2,6H,1H3;2H,1H3/b4-3+;. The second-order valence-electron chi connectivity index (χ2n) is 0.859. The van der Waals surface area contributed by atoms with Crippen molar-refractivity contribution in [2.24, 2.45) is 5.16 Å². The van der Waals surface area contributed by atoms with E-state index in [9.17, 15) is 4.79 Å². The van der Waals surface area contributed by atoms with Gasteiger partial charge in [-0.1, -0.05) is 5.16 Å². The highest BCUT2D eigenvalue weighted by molar-refractivity contribution is 6.26. The molecule has 0 rings (SSSR count). The Bertz CT molecular complexity index is 79.4. The summed E-state index contributed by atoms with van der Waals surface area (Å²) in [6.07, 6.45) is 0.472. The molecule has 0 aromatic heterocycles. The molecule has 0 aromatic rings. The molecule has 0 unspecified atom stereocenters. The SMILES string of the molecule is C/C(C=O)=N\O.CO. The highest BCUT2D eigenvalue weighted by Gasteiger charge is 1.77. The molecule has 0 heterocycles. The number of carbonyl (C=O) groups is 1. The highest BCUT2D eigenvalue weighted by atomic mass is 16.4. The van der Waals surface area contributed by atoms with Crippen LogP contribution in [0, 0.1) is 0 Å². The van der Waals surface area contributed by atoms with Gasteiger partial charge in [0.15, 0.2) is 6.29 Å². The summed E-state index contributed by atoms with van der Waals surface area (Å²) < 4.78 is 0. The zero-order valence-electron chi connectivity index (χ0n) is 4.83. The summed E-state index contributed by atoms with van der Waals surface area (Å²) in [6.45, 7) is 1.41. The normalized spacial score (nSPS) is 9.12. The van der Waals surface area contributed by atoms with Crippen LogP contribution in [0.4, 0.5) is 0 Å². The Morgan fingerprint density at radius 1 is 1.62 bits per heavy atom. The number of aliphatic hydroxyl groups excluding tert-OH is 1. The zero-order valence-corrected chi connectivity index (χ0v) is 4.83. The molecule has 48 valence electrons. The maximum absolute atomic E-state index is 9.45. The molecule has 0 aromatic carbocycles. The van der Waals surface area contributed by atoms with Crippen LogP contribution < -0.4 is 0 Å². The Kier molecular flexibility index (Phi) is 12.0. The molecule has 0 amide bonds. The van der Waals surface area contributed by atoms with Crippen LogP contribution in [0.5, 0.6) is 0 Å². The largest absolute Gasteiger partial charge is 0.411 e. The van der Waals surface area contributed by atoms with Crippen LogP contribution in [0.25, 0.3) is 0 Å². The predicted octanol–water partition coefficient (Wildman–Crippen LogP) is -0.356. The molecule has 0 aliphatic heterocycles. The monoisotopic (exact) mass is 119 g/mol. The minimum Gasteiger partial charge on any atom is -0.411 e. The summed E-state index contributed by atoms with van der Waals surface area (Å²) >= 11 is 0. The molecule has 0 saturated heterocycles. The van der Waals surface area contributed by atoms with Crippen LogP contribution >= 0.6 is 0 Å². The van der Waals surface area contributed by atoms with Gasteiger partial charge in [0.25, 0.3) is 0 Å². The lowest BCUT2D eigenvalue weighted by molar-refractivity contribution is -0.102. The second kappa shape index (κ2) is 9.44. The van der Waals surface area contributed by atoms with E-state index in [4.69, 9.17) is 10.3 Å². The van der Waals surface area contributed by atoms with Crippen molar-refractivity contribution in [2.45, 2.75) is 6.92 Å². The van der Waals surface area contributed by atoms with Crippen molar-refractivity contribution in [1.29, 1.82) is 0 Å². The molecule has 4 nitrogen and oxygen atoms in total. The summed E-state index contributed by atoms with van der Waals surface area (Å²) in [7, 11) is 1.00. The smallest absolute Gasteiger partial charge is 0.167 e. The van der Waals surface area contributed by atoms with Crippen molar-refractivity contribution in [3.63, 3.8) is 0 Å². The minimum absolute atomic E-state index is 0.0926. The Balaban J connectivity index is 0. The molecule has 2 N–H and O–H groups in total. The average Bonchev–Trinajstić information content (AvgIpc) is 1.91. The Morgan fingerprint density at radius 2 is 2.00 bits per heavy atom. The van der Waals surface area contributed by atoms with Crippen molar-refractivity contribution < 1.29 is 15.1 Å². The summed E-state index contributed by atoms with van der Waals surface area (Å²) in [5.41, 5.74) is 0.0926. The minimum atomic E-state index is 0.0926. The fraction of sp³-hybridized carbons (Fsp3) is 0.500. The van der Waals surface area contributed by atoms with E-state index in [1.165, 1.54) is 6.92 Å². The molecular formula is C4H9NO3. The number of oxime groups is 1. The van der Waals surface area contributed by atoms with Gasteiger partial charge in [0, 0.05) is 7.11 Å². The molecule has 0 fully saturated rings. The van der Waals surface area contributed by atoms with Gasteiger partial charge >= 0.3 is 0 Å². The molecule has 8 heavy (non-hydrogen) atoms. The summed E-state index contributed by atoms with van der Waals surface area (Å²) in [4.78, 5) is 9.45. The van der Waals surface area contributed by atoms with Gasteiger partial charge in [0.2, 0.25) is 0 Å².